The standard InChI is InChI=1S/C22H28F3N5O/c1-12(2)27-22-21(13-3-4-13)28-19-11-29(5-6-30(19)22)20(31)9-15(26)7-14-8-17(24)18(25)10-16(14)23/h8,10,12-13,15,27H,3-7,9,11,26H2,1-2H3/t15-/m1/s1. The number of nitrogens with one attached hydrogen (secondary N) is 1. The molecule has 1 saturated carbocycles. The van der Waals surface area contributed by atoms with Crippen molar-refractivity contribution in [2.24, 2.45) is 5.73 Å². The van der Waals surface area contributed by atoms with Gasteiger partial charge in [-0.25, -0.2) is 18.2 Å². The summed E-state index contributed by atoms with van der Waals surface area (Å²) in [6, 6.07) is 0.889. The van der Waals surface area contributed by atoms with E-state index in [9.17, 15) is 18.0 Å². The highest BCUT2D eigenvalue weighted by Crippen LogP contribution is 2.44. The number of rotatable bonds is 7. The molecular weight excluding hydrogens is 407 g/mol. The molecule has 31 heavy (non-hydrogen) atoms. The number of amides is 1. The molecule has 1 aromatic carbocycles. The summed E-state index contributed by atoms with van der Waals surface area (Å²) in [6.07, 6.45) is 2.22. The Hall–Kier alpha value is -2.55. The summed E-state index contributed by atoms with van der Waals surface area (Å²) in [4.78, 5) is 19.3. The summed E-state index contributed by atoms with van der Waals surface area (Å²) in [6.45, 7) is 5.75. The van der Waals surface area contributed by atoms with E-state index < -0.39 is 23.5 Å². The molecule has 6 nitrogen and oxygen atoms in total. The van der Waals surface area contributed by atoms with Gasteiger partial charge in [0.25, 0.3) is 0 Å². The number of imidazole rings is 1. The van der Waals surface area contributed by atoms with E-state index in [0.717, 1.165) is 36.2 Å². The second kappa shape index (κ2) is 8.53. The predicted octanol–water partition coefficient (Wildman–Crippen LogP) is 3.30. The molecule has 0 spiro atoms. The number of benzene rings is 1. The van der Waals surface area contributed by atoms with Crippen molar-refractivity contribution in [2.75, 3.05) is 11.9 Å². The first-order valence-corrected chi connectivity index (χ1v) is 10.8. The van der Waals surface area contributed by atoms with E-state index in [4.69, 9.17) is 10.7 Å². The normalized spacial score (nSPS) is 17.1. The lowest BCUT2D eigenvalue weighted by Crippen LogP contribution is -2.41. The van der Waals surface area contributed by atoms with E-state index in [2.05, 4.69) is 23.7 Å². The zero-order valence-corrected chi connectivity index (χ0v) is 17.8. The van der Waals surface area contributed by atoms with Gasteiger partial charge in [-0.15, -0.1) is 0 Å². The van der Waals surface area contributed by atoms with Gasteiger partial charge >= 0.3 is 0 Å². The van der Waals surface area contributed by atoms with Gasteiger partial charge in [0.1, 0.15) is 17.5 Å². The third kappa shape index (κ3) is 4.71. The Kier molecular flexibility index (Phi) is 5.96. The van der Waals surface area contributed by atoms with Crippen LogP contribution in [0.4, 0.5) is 19.0 Å². The van der Waals surface area contributed by atoms with Gasteiger partial charge in [-0.3, -0.25) is 4.79 Å². The molecule has 0 bridgehead atoms. The fourth-order valence-electron chi connectivity index (χ4n) is 4.06. The van der Waals surface area contributed by atoms with Crippen LogP contribution in [-0.2, 0) is 24.3 Å². The SMILES string of the molecule is CC(C)Nc1c(C2CC2)nc2n1CCN(C(=O)C[C@H](N)Cc1cc(F)c(F)cc1F)C2. The molecule has 9 heteroatoms. The van der Waals surface area contributed by atoms with Crippen LogP contribution in [0.25, 0.3) is 0 Å². The highest BCUT2D eigenvalue weighted by Gasteiger charge is 2.34. The number of carbonyl (C=O) groups is 1. The van der Waals surface area contributed by atoms with Crippen LogP contribution in [0, 0.1) is 17.5 Å². The van der Waals surface area contributed by atoms with Crippen molar-refractivity contribution in [1.29, 1.82) is 0 Å². The van der Waals surface area contributed by atoms with E-state index in [1.165, 1.54) is 0 Å². The third-order valence-corrected chi connectivity index (χ3v) is 5.75. The van der Waals surface area contributed by atoms with Crippen molar-refractivity contribution in [2.45, 2.75) is 70.6 Å². The van der Waals surface area contributed by atoms with Gasteiger partial charge in [0.05, 0.1) is 12.2 Å². The summed E-state index contributed by atoms with van der Waals surface area (Å²) in [5.74, 6) is -0.991. The zero-order valence-electron chi connectivity index (χ0n) is 17.8. The molecule has 1 fully saturated rings. The van der Waals surface area contributed by atoms with Crippen molar-refractivity contribution in [3.63, 3.8) is 0 Å². The number of halogens is 3. The topological polar surface area (TPSA) is 76.2 Å². The largest absolute Gasteiger partial charge is 0.368 e. The molecule has 0 saturated heterocycles. The van der Waals surface area contributed by atoms with Gasteiger partial charge in [0.2, 0.25) is 5.91 Å². The first-order valence-electron chi connectivity index (χ1n) is 10.8. The average Bonchev–Trinajstić information content (AvgIpc) is 3.48. The summed E-state index contributed by atoms with van der Waals surface area (Å²) >= 11 is 0. The molecule has 3 N–H and O–H groups in total. The van der Waals surface area contributed by atoms with E-state index in [1.54, 1.807) is 4.90 Å². The first-order chi connectivity index (χ1) is 14.7. The van der Waals surface area contributed by atoms with Gasteiger partial charge in [-0.05, 0) is 44.7 Å². The Morgan fingerprint density at radius 1 is 1.19 bits per heavy atom. The Labute approximate surface area is 179 Å². The number of fused-ring (bicyclic) bond motifs is 1. The molecule has 168 valence electrons. The molecular formula is C22H28F3N5O. The van der Waals surface area contributed by atoms with Crippen molar-refractivity contribution < 1.29 is 18.0 Å². The van der Waals surface area contributed by atoms with Crippen LogP contribution in [0.5, 0.6) is 0 Å². The van der Waals surface area contributed by atoms with Crippen molar-refractivity contribution in [3.05, 3.63) is 46.7 Å². The van der Waals surface area contributed by atoms with Crippen molar-refractivity contribution >= 4 is 11.7 Å². The molecule has 1 aromatic heterocycles. The number of carbonyl (C=O) groups excluding carboxylic acids is 1. The fourth-order valence-corrected chi connectivity index (χ4v) is 4.06. The van der Waals surface area contributed by atoms with Crippen LogP contribution in [0.15, 0.2) is 12.1 Å². The monoisotopic (exact) mass is 435 g/mol. The van der Waals surface area contributed by atoms with Gasteiger partial charge in [-0.2, -0.15) is 0 Å². The molecule has 0 radical (unpaired) electrons. The number of hydrogen-bond donors (Lipinski definition) is 2. The second-order valence-corrected chi connectivity index (χ2v) is 8.83. The van der Waals surface area contributed by atoms with Crippen LogP contribution < -0.4 is 11.1 Å². The van der Waals surface area contributed by atoms with Crippen LogP contribution >= 0.6 is 0 Å². The molecule has 4 rings (SSSR count). The number of nitrogens with zero attached hydrogens (tertiary/aromatic N) is 3. The lowest BCUT2D eigenvalue weighted by molar-refractivity contribution is -0.133. The predicted molar refractivity (Wildman–Crippen MR) is 111 cm³/mol. The van der Waals surface area contributed by atoms with Crippen LogP contribution in [-0.4, -0.2) is 39.0 Å². The number of nitrogens with two attached hydrogens (primary N) is 1. The Bertz CT molecular complexity index is 986. The molecule has 2 aliphatic rings. The van der Waals surface area contributed by atoms with E-state index in [-0.39, 0.29) is 30.4 Å². The Balaban J connectivity index is 1.41. The maximum Gasteiger partial charge on any atom is 0.224 e. The highest BCUT2D eigenvalue weighted by atomic mass is 19.2. The highest BCUT2D eigenvalue weighted by molar-refractivity contribution is 5.77. The average molecular weight is 435 g/mol. The van der Waals surface area contributed by atoms with Crippen molar-refractivity contribution in [3.8, 4) is 0 Å². The zero-order chi connectivity index (χ0) is 22.3. The molecule has 1 atom stereocenters. The van der Waals surface area contributed by atoms with Crippen LogP contribution in [0.2, 0.25) is 0 Å². The Morgan fingerprint density at radius 3 is 2.58 bits per heavy atom. The van der Waals surface area contributed by atoms with Gasteiger partial charge in [0, 0.05) is 43.6 Å². The molecule has 2 aromatic rings. The number of anilines is 1. The minimum absolute atomic E-state index is 0.00821. The van der Waals surface area contributed by atoms with Crippen molar-refractivity contribution in [1.82, 2.24) is 14.5 Å². The lowest BCUT2D eigenvalue weighted by Gasteiger charge is -2.30. The fraction of sp³-hybridized carbons (Fsp3) is 0.545. The van der Waals surface area contributed by atoms with E-state index in [1.807, 2.05) is 0 Å². The summed E-state index contributed by atoms with van der Waals surface area (Å²) in [5, 5.41) is 3.50. The third-order valence-electron chi connectivity index (χ3n) is 5.75. The summed E-state index contributed by atoms with van der Waals surface area (Å²) < 4.78 is 42.5. The minimum Gasteiger partial charge on any atom is -0.368 e. The molecule has 1 aliphatic carbocycles. The molecule has 1 amide bonds. The maximum absolute atomic E-state index is 13.9. The number of hydrogen-bond acceptors (Lipinski definition) is 4. The number of aromatic nitrogens is 2. The van der Waals surface area contributed by atoms with Crippen LogP contribution in [0.3, 0.4) is 0 Å². The smallest absolute Gasteiger partial charge is 0.224 e. The van der Waals surface area contributed by atoms with Crippen LogP contribution in [0.1, 0.15) is 56.1 Å². The molecule has 2 heterocycles. The molecule has 0 unspecified atom stereocenters. The maximum atomic E-state index is 13.9. The first kappa shape index (κ1) is 21.7. The van der Waals surface area contributed by atoms with Gasteiger partial charge in [-0.1, -0.05) is 0 Å². The lowest BCUT2D eigenvalue weighted by atomic mass is 10.0. The van der Waals surface area contributed by atoms with E-state index >= 15 is 0 Å². The minimum atomic E-state index is -1.24. The molecule has 1 aliphatic heterocycles. The van der Waals surface area contributed by atoms with Gasteiger partial charge < -0.3 is 20.5 Å². The van der Waals surface area contributed by atoms with Gasteiger partial charge in [0.15, 0.2) is 11.6 Å². The second-order valence-electron chi connectivity index (χ2n) is 8.83. The van der Waals surface area contributed by atoms with E-state index in [0.29, 0.717) is 31.6 Å². The quantitative estimate of drug-likeness (QED) is 0.655. The Morgan fingerprint density at radius 2 is 1.90 bits per heavy atom. The summed E-state index contributed by atoms with van der Waals surface area (Å²) in [7, 11) is 0. The summed E-state index contributed by atoms with van der Waals surface area (Å²) in [5.41, 5.74) is 7.09.